The summed E-state index contributed by atoms with van der Waals surface area (Å²) in [7, 11) is 3.09. The zero-order valence-corrected chi connectivity index (χ0v) is 17.4. The third-order valence-electron chi connectivity index (χ3n) is 6.14. The van der Waals surface area contributed by atoms with Crippen molar-refractivity contribution in [3.63, 3.8) is 0 Å². The van der Waals surface area contributed by atoms with Crippen LogP contribution < -0.4 is 5.32 Å². The second-order valence-electron chi connectivity index (χ2n) is 7.86. The van der Waals surface area contributed by atoms with Crippen molar-refractivity contribution in [1.29, 1.82) is 0 Å². The molecule has 4 aromatic rings. The van der Waals surface area contributed by atoms with Gasteiger partial charge < -0.3 is 19.2 Å². The van der Waals surface area contributed by atoms with Gasteiger partial charge in [0.2, 0.25) is 0 Å². The maximum atomic E-state index is 14.9. The van der Waals surface area contributed by atoms with Crippen molar-refractivity contribution in [1.82, 2.24) is 14.1 Å². The second kappa shape index (κ2) is 6.58. The molecular weight excluding hydrogens is 383 g/mol. The fourth-order valence-electron chi connectivity index (χ4n) is 4.78. The Balaban J connectivity index is 1.81. The second-order valence-corrected chi connectivity index (χ2v) is 7.86. The van der Waals surface area contributed by atoms with Crippen molar-refractivity contribution < 1.29 is 13.9 Å². The van der Waals surface area contributed by atoms with Gasteiger partial charge in [0.1, 0.15) is 11.3 Å². The number of anilines is 1. The molecule has 0 saturated heterocycles. The van der Waals surface area contributed by atoms with Gasteiger partial charge in [-0.2, -0.15) is 0 Å². The number of carbonyl (C=O) groups is 1. The number of imidazole rings is 1. The zero-order valence-electron chi connectivity index (χ0n) is 17.4. The summed E-state index contributed by atoms with van der Waals surface area (Å²) in [5, 5.41) is 4.72. The van der Waals surface area contributed by atoms with Gasteiger partial charge in [0, 0.05) is 18.5 Å². The molecule has 0 amide bonds. The molecule has 7 heteroatoms. The minimum atomic E-state index is -0.581. The maximum absolute atomic E-state index is 14.9. The third-order valence-corrected chi connectivity index (χ3v) is 6.14. The van der Waals surface area contributed by atoms with Crippen LogP contribution in [0.4, 0.5) is 10.1 Å². The molecule has 30 heavy (non-hydrogen) atoms. The van der Waals surface area contributed by atoms with Gasteiger partial charge in [0.05, 0.1) is 41.1 Å². The van der Waals surface area contributed by atoms with Crippen LogP contribution in [0, 0.1) is 5.82 Å². The van der Waals surface area contributed by atoms with E-state index in [-0.39, 0.29) is 17.6 Å². The SMILES string of the molecule is CC[C@@H]1[C@H](C)Nc2cccc3cc(-c4nc5cc(C(=O)OC)cc(F)c5n4C)n1c23. The molecule has 0 spiro atoms. The number of carbonyl (C=O) groups excluding carboxylic acids is 1. The van der Waals surface area contributed by atoms with Crippen molar-refractivity contribution in [2.45, 2.75) is 32.4 Å². The number of rotatable bonds is 3. The van der Waals surface area contributed by atoms with Gasteiger partial charge in [-0.15, -0.1) is 0 Å². The molecule has 0 fully saturated rings. The molecule has 3 heterocycles. The Morgan fingerprint density at radius 2 is 2.07 bits per heavy atom. The normalized spacial score (nSPS) is 18.0. The number of nitrogens with one attached hydrogen (secondary N) is 1. The van der Waals surface area contributed by atoms with E-state index >= 15 is 0 Å². The van der Waals surface area contributed by atoms with E-state index in [0.717, 1.165) is 28.7 Å². The standard InChI is InChI=1S/C23H23FN4O2/c1-5-18-12(2)25-16-8-6-7-13-11-19(28(18)20(13)16)22-26-17-10-14(23(29)30-4)9-15(24)21(17)27(22)3/h6-12,18,25H,5H2,1-4H3/t12-,18+/m0/s1. The smallest absolute Gasteiger partial charge is 0.338 e. The van der Waals surface area contributed by atoms with Gasteiger partial charge in [-0.25, -0.2) is 14.2 Å². The highest BCUT2D eigenvalue weighted by Gasteiger charge is 2.30. The maximum Gasteiger partial charge on any atom is 0.338 e. The lowest BCUT2D eigenvalue weighted by atomic mass is 10.0. The quantitative estimate of drug-likeness (QED) is 0.492. The van der Waals surface area contributed by atoms with Gasteiger partial charge in [0.25, 0.3) is 0 Å². The summed E-state index contributed by atoms with van der Waals surface area (Å²) in [5.74, 6) is -0.408. The van der Waals surface area contributed by atoms with Gasteiger partial charge in [0.15, 0.2) is 5.82 Å². The summed E-state index contributed by atoms with van der Waals surface area (Å²) in [6, 6.07) is 11.6. The van der Waals surface area contributed by atoms with Crippen LogP contribution in [0.5, 0.6) is 0 Å². The molecule has 1 N–H and O–H groups in total. The fourth-order valence-corrected chi connectivity index (χ4v) is 4.78. The summed E-state index contributed by atoms with van der Waals surface area (Å²) in [5.41, 5.74) is 4.12. The van der Waals surface area contributed by atoms with Crippen molar-refractivity contribution in [2.24, 2.45) is 7.05 Å². The predicted molar refractivity (Wildman–Crippen MR) is 115 cm³/mol. The Morgan fingerprint density at radius 3 is 2.80 bits per heavy atom. The Hall–Kier alpha value is -3.35. The molecule has 0 aliphatic carbocycles. The molecule has 5 rings (SSSR count). The Bertz CT molecular complexity index is 1320. The number of fused-ring (bicyclic) bond motifs is 1. The van der Waals surface area contributed by atoms with Crippen LogP contribution in [0.25, 0.3) is 33.5 Å². The molecule has 0 saturated carbocycles. The molecule has 0 radical (unpaired) electrons. The number of para-hydroxylation sites is 1. The van der Waals surface area contributed by atoms with Crippen LogP contribution >= 0.6 is 0 Å². The van der Waals surface area contributed by atoms with E-state index in [9.17, 15) is 9.18 Å². The lowest BCUT2D eigenvalue weighted by molar-refractivity contribution is 0.0600. The number of aromatic nitrogens is 3. The van der Waals surface area contributed by atoms with Crippen molar-refractivity contribution in [2.75, 3.05) is 12.4 Å². The van der Waals surface area contributed by atoms with E-state index in [1.165, 1.54) is 13.2 Å². The first-order chi connectivity index (χ1) is 14.4. The monoisotopic (exact) mass is 406 g/mol. The Labute approximate surface area is 173 Å². The third kappa shape index (κ3) is 2.47. The van der Waals surface area contributed by atoms with Crippen molar-refractivity contribution in [3.8, 4) is 11.5 Å². The first kappa shape index (κ1) is 18.7. The van der Waals surface area contributed by atoms with Crippen LogP contribution in [-0.4, -0.2) is 33.2 Å². The lowest BCUT2D eigenvalue weighted by Gasteiger charge is -2.34. The lowest BCUT2D eigenvalue weighted by Crippen LogP contribution is -2.32. The summed E-state index contributed by atoms with van der Waals surface area (Å²) in [6.45, 7) is 4.35. The van der Waals surface area contributed by atoms with Gasteiger partial charge in [-0.3, -0.25) is 0 Å². The first-order valence-corrected chi connectivity index (χ1v) is 10.1. The van der Waals surface area contributed by atoms with Crippen LogP contribution in [0.3, 0.4) is 0 Å². The fraction of sp³-hybridized carbons (Fsp3) is 0.304. The minimum Gasteiger partial charge on any atom is -0.465 e. The highest BCUT2D eigenvalue weighted by atomic mass is 19.1. The molecular formula is C23H23FN4O2. The number of benzene rings is 2. The van der Waals surface area contributed by atoms with E-state index in [0.29, 0.717) is 16.9 Å². The number of halogens is 1. The van der Waals surface area contributed by atoms with Crippen LogP contribution in [0.15, 0.2) is 36.4 Å². The van der Waals surface area contributed by atoms with Gasteiger partial charge >= 0.3 is 5.97 Å². The summed E-state index contributed by atoms with van der Waals surface area (Å²) in [4.78, 5) is 16.7. The number of hydrogen-bond donors (Lipinski definition) is 1. The predicted octanol–water partition coefficient (Wildman–Crippen LogP) is 4.89. The highest BCUT2D eigenvalue weighted by molar-refractivity contribution is 5.98. The molecule has 154 valence electrons. The summed E-state index contributed by atoms with van der Waals surface area (Å²) < 4.78 is 23.8. The Morgan fingerprint density at radius 1 is 1.27 bits per heavy atom. The van der Waals surface area contributed by atoms with Crippen LogP contribution in [0.2, 0.25) is 0 Å². The van der Waals surface area contributed by atoms with Crippen molar-refractivity contribution >= 4 is 33.6 Å². The molecule has 1 aliphatic heterocycles. The summed E-state index contributed by atoms with van der Waals surface area (Å²) >= 11 is 0. The molecule has 2 atom stereocenters. The van der Waals surface area contributed by atoms with Crippen molar-refractivity contribution in [3.05, 3.63) is 47.8 Å². The number of methoxy groups -OCH3 is 1. The number of ether oxygens (including phenoxy) is 1. The number of hydrogen-bond acceptors (Lipinski definition) is 4. The zero-order chi connectivity index (χ0) is 21.2. The molecule has 1 aliphatic rings. The minimum absolute atomic E-state index is 0.153. The first-order valence-electron chi connectivity index (χ1n) is 10.1. The molecule has 6 nitrogen and oxygen atoms in total. The van der Waals surface area contributed by atoms with E-state index < -0.39 is 11.8 Å². The number of aryl methyl sites for hydroxylation is 1. The molecule has 2 aromatic carbocycles. The average molecular weight is 406 g/mol. The topological polar surface area (TPSA) is 61.1 Å². The largest absolute Gasteiger partial charge is 0.465 e. The molecule has 2 aromatic heterocycles. The molecule has 0 bridgehead atoms. The summed E-state index contributed by atoms with van der Waals surface area (Å²) in [6.07, 6.45) is 0.948. The highest BCUT2D eigenvalue weighted by Crippen LogP contribution is 2.41. The van der Waals surface area contributed by atoms with Gasteiger partial charge in [-0.05, 0) is 37.6 Å². The number of nitrogens with zero attached hydrogens (tertiary/aromatic N) is 3. The Kier molecular flexibility index (Phi) is 4.10. The number of esters is 1. The van der Waals surface area contributed by atoms with E-state index in [4.69, 9.17) is 9.72 Å². The van der Waals surface area contributed by atoms with E-state index in [2.05, 4.69) is 41.9 Å². The van der Waals surface area contributed by atoms with E-state index in [1.807, 2.05) is 13.1 Å². The van der Waals surface area contributed by atoms with Crippen LogP contribution in [-0.2, 0) is 11.8 Å². The van der Waals surface area contributed by atoms with Gasteiger partial charge in [-0.1, -0.05) is 19.1 Å². The average Bonchev–Trinajstić information content (AvgIpc) is 3.27. The van der Waals surface area contributed by atoms with E-state index in [1.54, 1.807) is 10.6 Å². The molecule has 0 unspecified atom stereocenters. The van der Waals surface area contributed by atoms with Crippen LogP contribution in [0.1, 0.15) is 36.7 Å².